The maximum atomic E-state index is 12.9. The SMILES string of the molecule is O=C(c1cccc(C(F)(F)F)c1)c1ccccc1CN1CCSCC1. The van der Waals surface area contributed by atoms with E-state index in [-0.39, 0.29) is 11.3 Å². The van der Waals surface area contributed by atoms with Crippen LogP contribution in [0.4, 0.5) is 13.2 Å². The molecule has 0 N–H and O–H groups in total. The van der Waals surface area contributed by atoms with Crippen molar-refractivity contribution in [2.24, 2.45) is 0 Å². The first-order valence-corrected chi connectivity index (χ1v) is 9.20. The van der Waals surface area contributed by atoms with Crippen LogP contribution in [0.1, 0.15) is 27.0 Å². The van der Waals surface area contributed by atoms with Crippen LogP contribution in [0.5, 0.6) is 0 Å². The van der Waals surface area contributed by atoms with Crippen LogP contribution in [0.3, 0.4) is 0 Å². The van der Waals surface area contributed by atoms with E-state index in [9.17, 15) is 18.0 Å². The normalized spacial score (nSPS) is 16.0. The zero-order chi connectivity index (χ0) is 17.9. The van der Waals surface area contributed by atoms with Crippen molar-refractivity contribution in [3.63, 3.8) is 0 Å². The fourth-order valence-corrected chi connectivity index (χ4v) is 3.85. The van der Waals surface area contributed by atoms with Gasteiger partial charge in [-0.05, 0) is 17.7 Å². The second kappa shape index (κ2) is 7.62. The maximum Gasteiger partial charge on any atom is 0.416 e. The van der Waals surface area contributed by atoms with Gasteiger partial charge in [0.05, 0.1) is 5.56 Å². The Bertz CT molecular complexity index is 754. The van der Waals surface area contributed by atoms with Crippen LogP contribution in [0.25, 0.3) is 0 Å². The van der Waals surface area contributed by atoms with Gasteiger partial charge in [-0.25, -0.2) is 0 Å². The van der Waals surface area contributed by atoms with Crippen LogP contribution in [0.15, 0.2) is 48.5 Å². The van der Waals surface area contributed by atoms with Crippen molar-refractivity contribution in [2.75, 3.05) is 24.6 Å². The summed E-state index contributed by atoms with van der Waals surface area (Å²) >= 11 is 1.91. The lowest BCUT2D eigenvalue weighted by Gasteiger charge is -2.26. The van der Waals surface area contributed by atoms with Crippen molar-refractivity contribution in [1.29, 1.82) is 0 Å². The Balaban J connectivity index is 1.87. The number of hydrogen-bond donors (Lipinski definition) is 0. The topological polar surface area (TPSA) is 20.3 Å². The van der Waals surface area contributed by atoms with Crippen LogP contribution in [-0.4, -0.2) is 35.3 Å². The molecule has 1 aliphatic heterocycles. The van der Waals surface area contributed by atoms with Gasteiger partial charge in [0.2, 0.25) is 0 Å². The molecule has 1 fully saturated rings. The number of carbonyl (C=O) groups excluding carboxylic acids is 1. The Morgan fingerprint density at radius 1 is 1.04 bits per heavy atom. The monoisotopic (exact) mass is 365 g/mol. The molecule has 2 nitrogen and oxygen atoms in total. The van der Waals surface area contributed by atoms with Crippen molar-refractivity contribution < 1.29 is 18.0 Å². The van der Waals surface area contributed by atoms with Gasteiger partial charge in [-0.1, -0.05) is 36.4 Å². The van der Waals surface area contributed by atoms with E-state index in [1.165, 1.54) is 12.1 Å². The molecular formula is C19H18F3NOS. The Morgan fingerprint density at radius 3 is 2.48 bits per heavy atom. The molecule has 25 heavy (non-hydrogen) atoms. The Kier molecular flexibility index (Phi) is 5.49. The standard InChI is InChI=1S/C19H18F3NOS/c20-19(21,22)16-6-3-5-14(12-16)18(24)17-7-2-1-4-15(17)13-23-8-10-25-11-9-23/h1-7,12H,8-11,13H2. The van der Waals surface area contributed by atoms with Crippen molar-refractivity contribution in [2.45, 2.75) is 12.7 Å². The van der Waals surface area contributed by atoms with E-state index in [4.69, 9.17) is 0 Å². The summed E-state index contributed by atoms with van der Waals surface area (Å²) in [5.74, 6) is 1.75. The van der Waals surface area contributed by atoms with E-state index < -0.39 is 11.7 Å². The minimum absolute atomic E-state index is 0.0662. The highest BCUT2D eigenvalue weighted by Crippen LogP contribution is 2.30. The third-order valence-electron chi connectivity index (χ3n) is 4.21. The second-order valence-corrected chi connectivity index (χ2v) is 7.18. The highest BCUT2D eigenvalue weighted by Gasteiger charge is 2.31. The van der Waals surface area contributed by atoms with Gasteiger partial charge in [-0.2, -0.15) is 24.9 Å². The lowest BCUT2D eigenvalue weighted by Crippen LogP contribution is -2.32. The van der Waals surface area contributed by atoms with Crippen molar-refractivity contribution in [1.82, 2.24) is 4.90 Å². The fraction of sp³-hybridized carbons (Fsp3) is 0.316. The number of alkyl halides is 3. The van der Waals surface area contributed by atoms with E-state index in [2.05, 4.69) is 4.90 Å². The third kappa shape index (κ3) is 4.44. The lowest BCUT2D eigenvalue weighted by molar-refractivity contribution is -0.137. The molecule has 0 atom stereocenters. The summed E-state index contributed by atoms with van der Waals surface area (Å²) in [4.78, 5) is 15.1. The molecule has 132 valence electrons. The largest absolute Gasteiger partial charge is 0.416 e. The van der Waals surface area contributed by atoms with Gasteiger partial charge in [0.25, 0.3) is 0 Å². The predicted octanol–water partition coefficient (Wildman–Crippen LogP) is 4.49. The number of rotatable bonds is 4. The molecule has 6 heteroatoms. The molecule has 0 amide bonds. The summed E-state index contributed by atoms with van der Waals surface area (Å²) in [5.41, 5.74) is 0.595. The molecular weight excluding hydrogens is 347 g/mol. The Labute approximate surface area is 149 Å². The summed E-state index contributed by atoms with van der Waals surface area (Å²) in [6.45, 7) is 2.55. The quantitative estimate of drug-likeness (QED) is 0.745. The van der Waals surface area contributed by atoms with Gasteiger partial charge < -0.3 is 0 Å². The summed E-state index contributed by atoms with van der Waals surface area (Å²) in [6.07, 6.45) is -4.46. The van der Waals surface area contributed by atoms with Gasteiger partial charge in [-0.3, -0.25) is 9.69 Å². The first kappa shape index (κ1) is 18.0. The molecule has 2 aromatic carbocycles. The van der Waals surface area contributed by atoms with E-state index in [1.54, 1.807) is 12.1 Å². The molecule has 2 aromatic rings. The molecule has 1 aliphatic rings. The average molecular weight is 365 g/mol. The predicted molar refractivity (Wildman–Crippen MR) is 93.9 cm³/mol. The zero-order valence-electron chi connectivity index (χ0n) is 13.6. The number of hydrogen-bond acceptors (Lipinski definition) is 3. The van der Waals surface area contributed by atoms with Crippen LogP contribution in [-0.2, 0) is 12.7 Å². The van der Waals surface area contributed by atoms with E-state index >= 15 is 0 Å². The average Bonchev–Trinajstić information content (AvgIpc) is 2.62. The third-order valence-corrected chi connectivity index (χ3v) is 5.15. The molecule has 1 saturated heterocycles. The number of ketones is 1. The molecule has 0 radical (unpaired) electrons. The minimum Gasteiger partial charge on any atom is -0.297 e. The van der Waals surface area contributed by atoms with Gasteiger partial charge in [0.1, 0.15) is 0 Å². The highest BCUT2D eigenvalue weighted by atomic mass is 32.2. The first-order chi connectivity index (χ1) is 11.9. The second-order valence-electron chi connectivity index (χ2n) is 5.95. The molecule has 0 bridgehead atoms. The maximum absolute atomic E-state index is 12.9. The lowest BCUT2D eigenvalue weighted by atomic mass is 9.96. The highest BCUT2D eigenvalue weighted by molar-refractivity contribution is 7.99. The van der Waals surface area contributed by atoms with Gasteiger partial charge in [0.15, 0.2) is 5.78 Å². The van der Waals surface area contributed by atoms with Crippen molar-refractivity contribution >= 4 is 17.5 Å². The Hall–Kier alpha value is -1.79. The van der Waals surface area contributed by atoms with E-state index in [1.807, 2.05) is 23.9 Å². The van der Waals surface area contributed by atoms with Crippen molar-refractivity contribution in [3.8, 4) is 0 Å². The summed E-state index contributed by atoms with van der Waals surface area (Å²) in [5, 5.41) is 0. The fourth-order valence-electron chi connectivity index (χ4n) is 2.87. The minimum atomic E-state index is -4.46. The summed E-state index contributed by atoms with van der Waals surface area (Å²) in [6, 6.07) is 11.8. The van der Waals surface area contributed by atoms with Crippen LogP contribution >= 0.6 is 11.8 Å². The van der Waals surface area contributed by atoms with Gasteiger partial charge >= 0.3 is 6.18 Å². The molecule has 0 spiro atoms. The van der Waals surface area contributed by atoms with Crippen molar-refractivity contribution in [3.05, 3.63) is 70.8 Å². The number of thioether (sulfide) groups is 1. The molecule has 1 heterocycles. The summed E-state index contributed by atoms with van der Waals surface area (Å²) < 4.78 is 38.7. The van der Waals surface area contributed by atoms with E-state index in [0.29, 0.717) is 12.1 Å². The van der Waals surface area contributed by atoms with Gasteiger partial charge in [-0.15, -0.1) is 0 Å². The molecule has 0 saturated carbocycles. The zero-order valence-corrected chi connectivity index (χ0v) is 14.4. The van der Waals surface area contributed by atoms with E-state index in [0.717, 1.165) is 42.3 Å². The number of halogens is 3. The number of nitrogens with zero attached hydrogens (tertiary/aromatic N) is 1. The summed E-state index contributed by atoms with van der Waals surface area (Å²) in [7, 11) is 0. The van der Waals surface area contributed by atoms with Crippen LogP contribution in [0, 0.1) is 0 Å². The number of carbonyl (C=O) groups is 1. The molecule has 0 aliphatic carbocycles. The smallest absolute Gasteiger partial charge is 0.297 e. The molecule has 0 unspecified atom stereocenters. The first-order valence-electron chi connectivity index (χ1n) is 8.05. The Morgan fingerprint density at radius 2 is 1.76 bits per heavy atom. The van der Waals surface area contributed by atoms with Crippen LogP contribution in [0.2, 0.25) is 0 Å². The van der Waals surface area contributed by atoms with Gasteiger partial charge in [0, 0.05) is 42.3 Å². The molecule has 0 aromatic heterocycles. The molecule has 3 rings (SSSR count). The van der Waals surface area contributed by atoms with Crippen LogP contribution < -0.4 is 0 Å². The number of benzene rings is 2.